The molecule has 2 N–H and O–H groups in total. The van der Waals surface area contributed by atoms with Crippen molar-refractivity contribution in [1.29, 1.82) is 0 Å². The Balaban J connectivity index is 1.72. The molecule has 1 saturated carbocycles. The minimum Gasteiger partial charge on any atom is -0.396 e. The highest BCUT2D eigenvalue weighted by Gasteiger charge is 2.31. The highest BCUT2D eigenvalue weighted by Crippen LogP contribution is 2.35. The van der Waals surface area contributed by atoms with Gasteiger partial charge in [-0.25, -0.2) is 0 Å². The molecule has 0 aliphatic heterocycles. The van der Waals surface area contributed by atoms with Crippen LogP contribution in [0.4, 0.5) is 0 Å². The van der Waals surface area contributed by atoms with Crippen molar-refractivity contribution in [1.82, 2.24) is 15.1 Å². The zero-order chi connectivity index (χ0) is 13.6. The van der Waals surface area contributed by atoms with Crippen LogP contribution >= 0.6 is 0 Å². The Morgan fingerprint density at radius 2 is 2.16 bits per heavy atom. The molecule has 0 bridgehead atoms. The van der Waals surface area contributed by atoms with Crippen molar-refractivity contribution in [3.05, 3.63) is 18.5 Å². The molecule has 0 saturated heterocycles. The Morgan fingerprint density at radius 1 is 1.37 bits per heavy atom. The molecule has 0 atom stereocenters. The molecule has 2 rings (SSSR count). The first-order chi connectivity index (χ1) is 9.24. The summed E-state index contributed by atoms with van der Waals surface area (Å²) >= 11 is 0. The van der Waals surface area contributed by atoms with Crippen molar-refractivity contribution >= 4 is 5.91 Å². The van der Waals surface area contributed by atoms with Gasteiger partial charge in [0.05, 0.1) is 6.61 Å². The van der Waals surface area contributed by atoms with E-state index in [-0.39, 0.29) is 17.9 Å². The molecule has 0 radical (unpaired) electrons. The largest absolute Gasteiger partial charge is 0.396 e. The second-order valence-corrected chi connectivity index (χ2v) is 5.51. The molecule has 1 heterocycles. The molecule has 1 aliphatic rings. The number of aliphatic hydroxyl groups is 1. The van der Waals surface area contributed by atoms with E-state index >= 15 is 0 Å². The number of amides is 1. The molecule has 5 nitrogen and oxygen atoms in total. The number of carbonyl (C=O) groups is 1. The lowest BCUT2D eigenvalue weighted by molar-refractivity contribution is -0.122. The molecular formula is C14H23N3O2. The molecule has 1 amide bonds. The summed E-state index contributed by atoms with van der Waals surface area (Å²) in [5.41, 5.74) is -0.0837. The molecule has 1 aromatic rings. The number of aliphatic hydroxyl groups excluding tert-OH is 1. The van der Waals surface area contributed by atoms with E-state index in [0.29, 0.717) is 19.5 Å². The maximum absolute atomic E-state index is 11.8. The molecule has 1 fully saturated rings. The first-order valence-corrected chi connectivity index (χ1v) is 7.09. The number of hydrogen-bond donors (Lipinski definition) is 2. The minimum absolute atomic E-state index is 0.0360. The van der Waals surface area contributed by atoms with Gasteiger partial charge in [0.15, 0.2) is 0 Å². The van der Waals surface area contributed by atoms with E-state index < -0.39 is 0 Å². The fourth-order valence-corrected chi connectivity index (χ4v) is 2.72. The quantitative estimate of drug-likeness (QED) is 0.815. The van der Waals surface area contributed by atoms with E-state index in [1.54, 1.807) is 10.9 Å². The monoisotopic (exact) mass is 265 g/mol. The van der Waals surface area contributed by atoms with E-state index in [1.807, 2.05) is 12.3 Å². The Hall–Kier alpha value is -1.36. The summed E-state index contributed by atoms with van der Waals surface area (Å²) in [7, 11) is 0. The van der Waals surface area contributed by atoms with Crippen LogP contribution in [0.25, 0.3) is 0 Å². The summed E-state index contributed by atoms with van der Waals surface area (Å²) in [5.74, 6) is 0.0360. The van der Waals surface area contributed by atoms with Crippen molar-refractivity contribution in [3.8, 4) is 0 Å². The summed E-state index contributed by atoms with van der Waals surface area (Å²) in [4.78, 5) is 11.8. The van der Waals surface area contributed by atoms with Crippen LogP contribution in [0.5, 0.6) is 0 Å². The van der Waals surface area contributed by atoms with Gasteiger partial charge in [-0.2, -0.15) is 5.10 Å². The number of aromatic nitrogens is 2. The Kier molecular flexibility index (Phi) is 4.96. The van der Waals surface area contributed by atoms with E-state index in [0.717, 1.165) is 25.7 Å². The maximum Gasteiger partial charge on any atom is 0.221 e. The van der Waals surface area contributed by atoms with Crippen LogP contribution in [0.3, 0.4) is 0 Å². The summed E-state index contributed by atoms with van der Waals surface area (Å²) in [6, 6.07) is 1.85. The Bertz CT molecular complexity index is 383. The van der Waals surface area contributed by atoms with Gasteiger partial charge in [0.2, 0.25) is 5.91 Å². The van der Waals surface area contributed by atoms with Crippen LogP contribution in [-0.4, -0.2) is 33.9 Å². The summed E-state index contributed by atoms with van der Waals surface area (Å²) in [6.07, 6.45) is 9.59. The van der Waals surface area contributed by atoms with E-state index in [1.165, 1.54) is 6.42 Å². The van der Waals surface area contributed by atoms with Gasteiger partial charge >= 0.3 is 0 Å². The van der Waals surface area contributed by atoms with Crippen molar-refractivity contribution in [3.63, 3.8) is 0 Å². The first-order valence-electron chi connectivity index (χ1n) is 7.09. The molecular weight excluding hydrogens is 242 g/mol. The molecule has 106 valence electrons. The smallest absolute Gasteiger partial charge is 0.221 e. The Morgan fingerprint density at radius 3 is 2.79 bits per heavy atom. The average molecular weight is 265 g/mol. The lowest BCUT2D eigenvalue weighted by Gasteiger charge is -2.35. The minimum atomic E-state index is -0.0837. The van der Waals surface area contributed by atoms with Crippen LogP contribution in [0.2, 0.25) is 0 Å². The molecule has 1 aromatic heterocycles. The third-order valence-corrected chi connectivity index (χ3v) is 4.04. The zero-order valence-corrected chi connectivity index (χ0v) is 11.3. The lowest BCUT2D eigenvalue weighted by atomic mass is 9.74. The van der Waals surface area contributed by atoms with Crippen molar-refractivity contribution in [2.75, 3.05) is 13.2 Å². The van der Waals surface area contributed by atoms with Crippen molar-refractivity contribution in [2.24, 2.45) is 5.41 Å². The molecule has 1 aliphatic carbocycles. The second kappa shape index (κ2) is 6.70. The van der Waals surface area contributed by atoms with Crippen LogP contribution in [0.1, 0.15) is 38.5 Å². The van der Waals surface area contributed by atoms with E-state index in [2.05, 4.69) is 10.4 Å². The average Bonchev–Trinajstić information content (AvgIpc) is 2.97. The molecule has 0 spiro atoms. The third kappa shape index (κ3) is 4.06. The van der Waals surface area contributed by atoms with Gasteiger partial charge < -0.3 is 10.4 Å². The summed E-state index contributed by atoms with van der Waals surface area (Å²) in [5, 5.41) is 16.6. The topological polar surface area (TPSA) is 67.2 Å². The predicted molar refractivity (Wildman–Crippen MR) is 72.5 cm³/mol. The van der Waals surface area contributed by atoms with Gasteiger partial charge in [-0.3, -0.25) is 9.48 Å². The summed E-state index contributed by atoms with van der Waals surface area (Å²) < 4.78 is 1.75. The molecule has 5 heteroatoms. The third-order valence-electron chi connectivity index (χ3n) is 4.04. The SMILES string of the molecule is O=C(CCn1cccn1)NCC1(CO)CCCCC1. The van der Waals surface area contributed by atoms with Gasteiger partial charge in [0.1, 0.15) is 0 Å². The number of aryl methyl sites for hydroxylation is 1. The molecule has 0 aromatic carbocycles. The highest BCUT2D eigenvalue weighted by atomic mass is 16.3. The number of carbonyl (C=O) groups excluding carboxylic acids is 1. The van der Waals surface area contributed by atoms with Gasteiger partial charge in [-0.15, -0.1) is 0 Å². The lowest BCUT2D eigenvalue weighted by Crippen LogP contribution is -2.41. The van der Waals surface area contributed by atoms with Crippen molar-refractivity contribution < 1.29 is 9.90 Å². The van der Waals surface area contributed by atoms with Crippen LogP contribution in [0.15, 0.2) is 18.5 Å². The van der Waals surface area contributed by atoms with Crippen LogP contribution in [-0.2, 0) is 11.3 Å². The van der Waals surface area contributed by atoms with Crippen LogP contribution in [0, 0.1) is 5.41 Å². The molecule has 19 heavy (non-hydrogen) atoms. The predicted octanol–water partition coefficient (Wildman–Crippen LogP) is 1.33. The Labute approximate surface area is 114 Å². The van der Waals surface area contributed by atoms with E-state index in [9.17, 15) is 9.90 Å². The van der Waals surface area contributed by atoms with Gasteiger partial charge in [-0.05, 0) is 18.9 Å². The van der Waals surface area contributed by atoms with Crippen molar-refractivity contribution in [2.45, 2.75) is 45.1 Å². The normalized spacial score (nSPS) is 18.2. The fourth-order valence-electron chi connectivity index (χ4n) is 2.72. The fraction of sp³-hybridized carbons (Fsp3) is 0.714. The molecule has 0 unspecified atom stereocenters. The maximum atomic E-state index is 11.8. The number of hydrogen-bond acceptors (Lipinski definition) is 3. The number of rotatable bonds is 6. The van der Waals surface area contributed by atoms with Gasteiger partial charge in [0.25, 0.3) is 0 Å². The van der Waals surface area contributed by atoms with E-state index in [4.69, 9.17) is 0 Å². The summed E-state index contributed by atoms with van der Waals surface area (Å²) in [6.45, 7) is 1.37. The standard InChI is InChI=1S/C14H23N3O2/c18-12-14(6-2-1-3-7-14)11-15-13(19)5-10-17-9-4-8-16-17/h4,8-9,18H,1-3,5-7,10-12H2,(H,15,19). The second-order valence-electron chi connectivity index (χ2n) is 5.51. The first kappa shape index (κ1) is 14.1. The highest BCUT2D eigenvalue weighted by molar-refractivity contribution is 5.75. The number of nitrogens with one attached hydrogen (secondary N) is 1. The van der Waals surface area contributed by atoms with Crippen LogP contribution < -0.4 is 5.32 Å². The number of nitrogens with zero attached hydrogens (tertiary/aromatic N) is 2. The van der Waals surface area contributed by atoms with Gasteiger partial charge in [0, 0.05) is 37.3 Å². The van der Waals surface area contributed by atoms with Gasteiger partial charge in [-0.1, -0.05) is 19.3 Å². The zero-order valence-electron chi connectivity index (χ0n) is 11.3.